The smallest absolute Gasteiger partial charge is 0.326 e. The van der Waals surface area contributed by atoms with Gasteiger partial charge in [-0.05, 0) is 0 Å². The average Bonchev–Trinajstić information content (AvgIpc) is 2.23. The molecule has 0 aromatic heterocycles. The van der Waals surface area contributed by atoms with Crippen LogP contribution in [0.25, 0.3) is 0 Å². The van der Waals surface area contributed by atoms with E-state index in [-0.39, 0.29) is 0 Å². The molecule has 0 aromatic rings. The first kappa shape index (κ1) is 15.8. The zero-order valence-corrected chi connectivity index (χ0v) is 9.54. The van der Waals surface area contributed by atoms with E-state index in [9.17, 15) is 19.2 Å². The van der Waals surface area contributed by atoms with Crippen molar-refractivity contribution in [1.82, 2.24) is 10.6 Å². The lowest BCUT2D eigenvalue weighted by Gasteiger charge is -2.18. The fraction of sp³-hybridized carbons (Fsp3) is 0.556. The predicted octanol–water partition coefficient (Wildman–Crippen LogP) is -2.47. The summed E-state index contributed by atoms with van der Waals surface area (Å²) in [6.07, 6.45) is -0.806. The summed E-state index contributed by atoms with van der Waals surface area (Å²) < 4.78 is 0. The highest BCUT2D eigenvalue weighted by molar-refractivity contribution is 5.91. The SMILES string of the molecule is CC(=O)N[C@@H](CO)C(=O)N[C@@H](CC(=O)O)C(=O)O. The lowest BCUT2D eigenvalue weighted by atomic mass is 10.2. The molecule has 0 bridgehead atoms. The Balaban J connectivity index is 4.60. The van der Waals surface area contributed by atoms with Gasteiger partial charge in [-0.15, -0.1) is 0 Å². The number of carbonyl (C=O) groups excluding carboxylic acids is 2. The quantitative estimate of drug-likeness (QED) is 0.340. The van der Waals surface area contributed by atoms with E-state index in [2.05, 4.69) is 5.32 Å². The van der Waals surface area contributed by atoms with Gasteiger partial charge in [-0.2, -0.15) is 0 Å². The Morgan fingerprint density at radius 2 is 1.61 bits per heavy atom. The Hall–Kier alpha value is -2.16. The summed E-state index contributed by atoms with van der Waals surface area (Å²) in [6.45, 7) is 0.382. The van der Waals surface area contributed by atoms with E-state index in [1.165, 1.54) is 0 Å². The van der Waals surface area contributed by atoms with Gasteiger partial charge >= 0.3 is 11.9 Å². The van der Waals surface area contributed by atoms with Crippen LogP contribution in [0.15, 0.2) is 0 Å². The lowest BCUT2D eigenvalue weighted by molar-refractivity contribution is -0.147. The highest BCUT2D eigenvalue weighted by atomic mass is 16.4. The van der Waals surface area contributed by atoms with Crippen molar-refractivity contribution in [3.8, 4) is 0 Å². The van der Waals surface area contributed by atoms with Crippen LogP contribution >= 0.6 is 0 Å². The number of amides is 2. The first-order valence-corrected chi connectivity index (χ1v) is 4.90. The third-order valence-electron chi connectivity index (χ3n) is 1.87. The van der Waals surface area contributed by atoms with Gasteiger partial charge in [-0.25, -0.2) is 4.79 Å². The van der Waals surface area contributed by atoms with Crippen LogP contribution in [0.3, 0.4) is 0 Å². The Bertz CT molecular complexity index is 355. The molecule has 0 heterocycles. The normalized spacial score (nSPS) is 13.2. The number of rotatable bonds is 7. The highest BCUT2D eigenvalue weighted by Crippen LogP contribution is 1.95. The molecule has 0 saturated carbocycles. The molecule has 2 atom stereocenters. The van der Waals surface area contributed by atoms with Crippen molar-refractivity contribution in [2.45, 2.75) is 25.4 Å². The van der Waals surface area contributed by atoms with Gasteiger partial charge in [-0.3, -0.25) is 14.4 Å². The second-order valence-electron chi connectivity index (χ2n) is 3.43. The van der Waals surface area contributed by atoms with Gasteiger partial charge in [0.15, 0.2) is 0 Å². The van der Waals surface area contributed by atoms with Crippen molar-refractivity contribution in [3.05, 3.63) is 0 Å². The molecule has 102 valence electrons. The summed E-state index contributed by atoms with van der Waals surface area (Å²) in [4.78, 5) is 43.2. The van der Waals surface area contributed by atoms with Gasteiger partial charge in [0, 0.05) is 6.92 Å². The maximum absolute atomic E-state index is 11.5. The summed E-state index contributed by atoms with van der Waals surface area (Å²) in [6, 6.07) is -2.95. The second-order valence-corrected chi connectivity index (χ2v) is 3.43. The lowest BCUT2D eigenvalue weighted by Crippen LogP contribution is -2.53. The fourth-order valence-electron chi connectivity index (χ4n) is 1.09. The molecule has 0 unspecified atom stereocenters. The molecule has 0 fully saturated rings. The molecule has 0 saturated heterocycles. The standard InChI is InChI=1S/C9H14N2O7/c1-4(13)10-6(3-12)8(16)11-5(9(17)18)2-7(14)15/h5-6,12H,2-3H2,1H3,(H,10,13)(H,11,16)(H,14,15)(H,17,18)/t5-,6-/m0/s1. The maximum Gasteiger partial charge on any atom is 0.326 e. The minimum absolute atomic E-state index is 0.589. The van der Waals surface area contributed by atoms with E-state index in [4.69, 9.17) is 15.3 Å². The third kappa shape index (κ3) is 5.80. The number of nitrogens with one attached hydrogen (secondary N) is 2. The molecule has 0 aliphatic rings. The van der Waals surface area contributed by atoms with Crippen molar-refractivity contribution in [1.29, 1.82) is 0 Å². The zero-order valence-electron chi connectivity index (χ0n) is 9.54. The zero-order chi connectivity index (χ0) is 14.3. The number of aliphatic hydroxyl groups is 1. The number of carbonyl (C=O) groups is 4. The van der Waals surface area contributed by atoms with E-state index in [0.29, 0.717) is 0 Å². The van der Waals surface area contributed by atoms with Crippen molar-refractivity contribution in [2.75, 3.05) is 6.61 Å². The number of hydrogen-bond donors (Lipinski definition) is 5. The van der Waals surface area contributed by atoms with E-state index < -0.39 is 48.9 Å². The average molecular weight is 262 g/mol. The fourth-order valence-corrected chi connectivity index (χ4v) is 1.09. The Morgan fingerprint density at radius 3 is 1.94 bits per heavy atom. The van der Waals surface area contributed by atoms with Crippen LogP contribution in [0, 0.1) is 0 Å². The predicted molar refractivity (Wildman–Crippen MR) is 56.5 cm³/mol. The summed E-state index contributed by atoms with van der Waals surface area (Å²) in [5.41, 5.74) is 0. The topological polar surface area (TPSA) is 153 Å². The number of aliphatic hydroxyl groups excluding tert-OH is 1. The van der Waals surface area contributed by atoms with Gasteiger partial charge < -0.3 is 26.0 Å². The minimum atomic E-state index is -1.63. The monoisotopic (exact) mass is 262 g/mol. The molecule has 0 rings (SSSR count). The van der Waals surface area contributed by atoms with Crippen LogP contribution in [0.1, 0.15) is 13.3 Å². The molecular weight excluding hydrogens is 248 g/mol. The molecule has 9 heteroatoms. The number of aliphatic carboxylic acids is 2. The molecule has 5 N–H and O–H groups in total. The molecular formula is C9H14N2O7. The Morgan fingerprint density at radius 1 is 1.06 bits per heavy atom. The summed E-state index contributed by atoms with van der Waals surface area (Å²) in [7, 11) is 0. The van der Waals surface area contributed by atoms with Crippen molar-refractivity contribution in [3.63, 3.8) is 0 Å². The van der Waals surface area contributed by atoms with Gasteiger partial charge in [0.1, 0.15) is 12.1 Å². The Labute approximate surface area is 102 Å². The van der Waals surface area contributed by atoms with Gasteiger partial charge in [-0.1, -0.05) is 0 Å². The van der Waals surface area contributed by atoms with Gasteiger partial charge in [0.2, 0.25) is 11.8 Å². The van der Waals surface area contributed by atoms with E-state index >= 15 is 0 Å². The van der Waals surface area contributed by atoms with Crippen LogP contribution in [-0.4, -0.2) is 57.8 Å². The Kier molecular flexibility index (Phi) is 6.35. The second kappa shape index (κ2) is 7.22. The number of carboxylic acids is 2. The maximum atomic E-state index is 11.5. The van der Waals surface area contributed by atoms with Gasteiger partial charge in [0.25, 0.3) is 0 Å². The first-order valence-electron chi connectivity index (χ1n) is 4.90. The molecule has 9 nitrogen and oxygen atoms in total. The van der Waals surface area contributed by atoms with Crippen LogP contribution in [0.2, 0.25) is 0 Å². The highest BCUT2D eigenvalue weighted by Gasteiger charge is 2.27. The van der Waals surface area contributed by atoms with Crippen LogP contribution in [-0.2, 0) is 19.2 Å². The van der Waals surface area contributed by atoms with E-state index in [0.717, 1.165) is 6.92 Å². The molecule has 2 amide bonds. The number of hydrogen-bond acceptors (Lipinski definition) is 5. The van der Waals surface area contributed by atoms with Gasteiger partial charge in [0.05, 0.1) is 13.0 Å². The van der Waals surface area contributed by atoms with Crippen LogP contribution in [0.4, 0.5) is 0 Å². The molecule has 0 spiro atoms. The largest absolute Gasteiger partial charge is 0.481 e. The van der Waals surface area contributed by atoms with Crippen molar-refractivity contribution in [2.24, 2.45) is 0 Å². The number of carboxylic acid groups (broad SMARTS) is 2. The van der Waals surface area contributed by atoms with Crippen molar-refractivity contribution < 1.29 is 34.5 Å². The summed E-state index contributed by atoms with van der Waals surface area (Å²) >= 11 is 0. The minimum Gasteiger partial charge on any atom is -0.481 e. The summed E-state index contributed by atoms with van der Waals surface area (Å²) in [5, 5.41) is 30.0. The van der Waals surface area contributed by atoms with Crippen LogP contribution < -0.4 is 10.6 Å². The van der Waals surface area contributed by atoms with E-state index in [1.54, 1.807) is 0 Å². The van der Waals surface area contributed by atoms with E-state index in [1.807, 2.05) is 5.32 Å². The third-order valence-corrected chi connectivity index (χ3v) is 1.87. The van der Waals surface area contributed by atoms with Crippen LogP contribution in [0.5, 0.6) is 0 Å². The summed E-state index contributed by atoms with van der Waals surface area (Å²) in [5.74, 6) is -4.48. The molecule has 0 aromatic carbocycles. The molecule has 18 heavy (non-hydrogen) atoms. The molecule has 0 radical (unpaired) electrons. The van der Waals surface area contributed by atoms with Crippen molar-refractivity contribution >= 4 is 23.8 Å². The molecule has 0 aliphatic carbocycles. The molecule has 0 aliphatic heterocycles. The first-order chi connectivity index (χ1) is 8.27.